The second-order valence-corrected chi connectivity index (χ2v) is 4.78. The van der Waals surface area contributed by atoms with Crippen LogP contribution in [0.1, 0.15) is 24.2 Å². The highest BCUT2D eigenvalue weighted by atomic mass is 19.1. The first-order valence-electron chi connectivity index (χ1n) is 6.77. The van der Waals surface area contributed by atoms with E-state index in [1.54, 1.807) is 13.8 Å². The van der Waals surface area contributed by atoms with Crippen molar-refractivity contribution in [2.45, 2.75) is 13.8 Å². The van der Waals surface area contributed by atoms with Gasteiger partial charge in [0.25, 0.3) is 5.88 Å². The lowest BCUT2D eigenvalue weighted by Crippen LogP contribution is -2.17. The number of hydrogen-bond acceptors (Lipinski definition) is 7. The maximum atomic E-state index is 14.0. The minimum atomic E-state index is -0.990. The minimum Gasteiger partial charge on any atom is -0.491 e. The van der Waals surface area contributed by atoms with Crippen molar-refractivity contribution in [2.24, 2.45) is 5.92 Å². The number of anilines is 1. The lowest BCUT2D eigenvalue weighted by atomic mass is 10.2. The van der Waals surface area contributed by atoms with E-state index in [0.717, 1.165) is 10.7 Å². The van der Waals surface area contributed by atoms with Gasteiger partial charge in [-0.25, -0.2) is 9.78 Å². The van der Waals surface area contributed by atoms with Gasteiger partial charge in [0.1, 0.15) is 5.56 Å². The highest BCUT2D eigenvalue weighted by Gasteiger charge is 2.22. The normalized spacial score (nSPS) is 12.4. The molecule has 2 heterocycles. The Bertz CT molecular complexity index is 688. The molecule has 2 rings (SSSR count). The fourth-order valence-corrected chi connectivity index (χ4v) is 1.76. The van der Waals surface area contributed by atoms with Crippen LogP contribution >= 0.6 is 0 Å². The number of aromatic hydroxyl groups is 1. The molecule has 0 aliphatic carbocycles. The molecule has 2 aromatic rings. The van der Waals surface area contributed by atoms with Crippen molar-refractivity contribution in [1.82, 2.24) is 14.6 Å². The number of fused-ring (bicyclic) bond motifs is 1. The Kier molecular flexibility index (Phi) is 4.76. The third kappa shape index (κ3) is 2.93. The molecule has 0 amide bonds. The Morgan fingerprint density at radius 2 is 2.32 bits per heavy atom. The summed E-state index contributed by atoms with van der Waals surface area (Å²) in [6.45, 7) is 3.74. The molecule has 8 nitrogen and oxygen atoms in total. The number of halogens is 1. The van der Waals surface area contributed by atoms with Gasteiger partial charge in [0.05, 0.1) is 12.8 Å². The number of aliphatic hydroxyl groups excluding tert-OH is 1. The summed E-state index contributed by atoms with van der Waals surface area (Å²) in [5, 5.41) is 25.2. The molecule has 3 N–H and O–H groups in total. The van der Waals surface area contributed by atoms with Crippen LogP contribution in [0.5, 0.6) is 5.88 Å². The summed E-state index contributed by atoms with van der Waals surface area (Å²) in [6, 6.07) is 0. The van der Waals surface area contributed by atoms with Crippen LogP contribution in [0.4, 0.5) is 10.2 Å². The van der Waals surface area contributed by atoms with Crippen molar-refractivity contribution in [3.8, 4) is 5.88 Å². The van der Waals surface area contributed by atoms with Crippen LogP contribution in [0.3, 0.4) is 0 Å². The Morgan fingerprint density at radius 1 is 1.59 bits per heavy atom. The maximum Gasteiger partial charge on any atom is 0.343 e. The molecular formula is C13H17FN4O4. The fourth-order valence-electron chi connectivity index (χ4n) is 1.76. The number of hydrogen-bond donors (Lipinski definition) is 3. The van der Waals surface area contributed by atoms with Gasteiger partial charge < -0.3 is 20.3 Å². The van der Waals surface area contributed by atoms with E-state index in [4.69, 9.17) is 9.84 Å². The number of ether oxygens (including phenoxy) is 1. The number of carbonyl (C=O) groups is 1. The first-order chi connectivity index (χ1) is 10.5. The number of rotatable bonds is 6. The molecular weight excluding hydrogens is 295 g/mol. The topological polar surface area (TPSA) is 109 Å². The Labute approximate surface area is 125 Å². The van der Waals surface area contributed by atoms with E-state index in [0.29, 0.717) is 0 Å². The van der Waals surface area contributed by atoms with Gasteiger partial charge in [-0.05, 0) is 12.8 Å². The SMILES string of the molecule is CCOC(=O)c1cnn2c(O)c(F)c(NC[C@H](C)CO)nc12. The van der Waals surface area contributed by atoms with E-state index in [1.165, 1.54) is 0 Å². The lowest BCUT2D eigenvalue weighted by Gasteiger charge is -2.12. The average molecular weight is 312 g/mol. The van der Waals surface area contributed by atoms with Crippen LogP contribution in [0.25, 0.3) is 5.65 Å². The second-order valence-electron chi connectivity index (χ2n) is 4.78. The van der Waals surface area contributed by atoms with E-state index < -0.39 is 17.7 Å². The van der Waals surface area contributed by atoms with E-state index in [-0.39, 0.29) is 42.7 Å². The number of carbonyl (C=O) groups excluding carboxylic acids is 1. The third-order valence-corrected chi connectivity index (χ3v) is 2.99. The zero-order valence-corrected chi connectivity index (χ0v) is 12.2. The zero-order chi connectivity index (χ0) is 16.3. The van der Waals surface area contributed by atoms with Gasteiger partial charge in [-0.15, -0.1) is 0 Å². The van der Waals surface area contributed by atoms with Gasteiger partial charge in [-0.1, -0.05) is 6.92 Å². The first kappa shape index (κ1) is 16.0. The van der Waals surface area contributed by atoms with E-state index in [1.807, 2.05) is 0 Å². The molecule has 0 saturated heterocycles. The number of aromatic nitrogens is 3. The predicted molar refractivity (Wildman–Crippen MR) is 75.3 cm³/mol. The maximum absolute atomic E-state index is 14.0. The molecule has 0 radical (unpaired) electrons. The smallest absolute Gasteiger partial charge is 0.343 e. The molecule has 0 unspecified atom stereocenters. The number of aliphatic hydroxyl groups is 1. The third-order valence-electron chi connectivity index (χ3n) is 2.99. The largest absolute Gasteiger partial charge is 0.491 e. The van der Waals surface area contributed by atoms with Gasteiger partial charge in [0, 0.05) is 13.2 Å². The highest BCUT2D eigenvalue weighted by Crippen LogP contribution is 2.25. The lowest BCUT2D eigenvalue weighted by molar-refractivity contribution is 0.0528. The Balaban J connectivity index is 2.43. The number of nitrogens with zero attached hydrogens (tertiary/aromatic N) is 3. The van der Waals surface area contributed by atoms with Crippen molar-refractivity contribution in [2.75, 3.05) is 25.1 Å². The van der Waals surface area contributed by atoms with Crippen LogP contribution in [-0.4, -0.2) is 50.5 Å². The van der Waals surface area contributed by atoms with Crippen LogP contribution in [-0.2, 0) is 4.74 Å². The summed E-state index contributed by atoms with van der Waals surface area (Å²) in [5.41, 5.74) is 0.00640. The van der Waals surface area contributed by atoms with Crippen LogP contribution in [0, 0.1) is 11.7 Å². The van der Waals surface area contributed by atoms with Crippen molar-refractivity contribution < 1.29 is 24.1 Å². The molecule has 120 valence electrons. The average Bonchev–Trinajstić information content (AvgIpc) is 2.93. The molecule has 0 spiro atoms. The fraction of sp³-hybridized carbons (Fsp3) is 0.462. The van der Waals surface area contributed by atoms with Gasteiger partial charge in [0.2, 0.25) is 5.82 Å². The molecule has 0 aromatic carbocycles. The molecule has 1 atom stereocenters. The van der Waals surface area contributed by atoms with E-state index in [9.17, 15) is 14.3 Å². The molecule has 0 saturated carbocycles. The molecule has 9 heteroatoms. The monoisotopic (exact) mass is 312 g/mol. The summed E-state index contributed by atoms with van der Waals surface area (Å²) in [4.78, 5) is 15.8. The van der Waals surface area contributed by atoms with Crippen LogP contribution < -0.4 is 5.32 Å². The van der Waals surface area contributed by atoms with Crippen molar-refractivity contribution in [1.29, 1.82) is 0 Å². The summed E-state index contributed by atoms with van der Waals surface area (Å²) < 4.78 is 19.7. The molecule has 0 aliphatic rings. The predicted octanol–water partition coefficient (Wildman–Crippen LogP) is 0.791. The van der Waals surface area contributed by atoms with Crippen LogP contribution in [0.2, 0.25) is 0 Å². The second kappa shape index (κ2) is 6.56. The molecule has 0 bridgehead atoms. The summed E-state index contributed by atoms with van der Waals surface area (Å²) in [6.07, 6.45) is 1.15. The molecule has 0 fully saturated rings. The Morgan fingerprint density at radius 3 is 2.95 bits per heavy atom. The van der Waals surface area contributed by atoms with Crippen molar-refractivity contribution in [3.05, 3.63) is 17.6 Å². The first-order valence-corrected chi connectivity index (χ1v) is 6.77. The standard InChI is InChI=1S/C13H17FN4O4/c1-3-22-13(21)8-5-16-18-11(8)17-10(9(14)12(18)20)15-4-7(2)6-19/h5,7,19-20H,3-4,6H2,1-2H3,(H,15,17)/t7-/m0/s1. The van der Waals surface area contributed by atoms with Gasteiger partial charge >= 0.3 is 5.97 Å². The van der Waals surface area contributed by atoms with Crippen LogP contribution in [0.15, 0.2) is 6.20 Å². The minimum absolute atomic E-state index is 0.0171. The molecule has 0 aliphatic heterocycles. The molecule has 22 heavy (non-hydrogen) atoms. The van der Waals surface area contributed by atoms with Crippen molar-refractivity contribution in [3.63, 3.8) is 0 Å². The number of nitrogens with one attached hydrogen (secondary N) is 1. The van der Waals surface area contributed by atoms with Crippen molar-refractivity contribution >= 4 is 17.4 Å². The number of esters is 1. The summed E-state index contributed by atoms with van der Waals surface area (Å²) in [5.74, 6) is -2.77. The van der Waals surface area contributed by atoms with Gasteiger partial charge in [-0.3, -0.25) is 0 Å². The highest BCUT2D eigenvalue weighted by molar-refractivity contribution is 5.95. The zero-order valence-electron chi connectivity index (χ0n) is 12.2. The summed E-state index contributed by atoms with van der Waals surface area (Å²) in [7, 11) is 0. The van der Waals surface area contributed by atoms with Gasteiger partial charge in [-0.2, -0.15) is 14.0 Å². The summed E-state index contributed by atoms with van der Waals surface area (Å²) >= 11 is 0. The quantitative estimate of drug-likeness (QED) is 0.677. The Hall–Kier alpha value is -2.42. The molecule has 2 aromatic heterocycles. The van der Waals surface area contributed by atoms with Gasteiger partial charge in [0.15, 0.2) is 11.5 Å². The van der Waals surface area contributed by atoms with E-state index >= 15 is 0 Å². The van der Waals surface area contributed by atoms with E-state index in [2.05, 4.69) is 15.4 Å².